The maximum Gasteiger partial charge on any atom is 0.184 e. The summed E-state index contributed by atoms with van der Waals surface area (Å²) in [6.45, 7) is 1.44. The molecule has 0 saturated carbocycles. The zero-order chi connectivity index (χ0) is 11.2. The van der Waals surface area contributed by atoms with Crippen molar-refractivity contribution in [2.24, 2.45) is 0 Å². The van der Waals surface area contributed by atoms with E-state index in [1.54, 1.807) is 0 Å². The van der Waals surface area contributed by atoms with Crippen LogP contribution in [0.5, 0.6) is 0 Å². The molecule has 2 rings (SSSR count). The summed E-state index contributed by atoms with van der Waals surface area (Å²) in [5, 5.41) is 0. The van der Waals surface area contributed by atoms with Crippen molar-refractivity contribution in [3.8, 4) is 0 Å². The molecule has 0 bridgehead atoms. The van der Waals surface area contributed by atoms with Crippen molar-refractivity contribution in [2.75, 3.05) is 26.5 Å². The number of rotatable bonds is 5. The summed E-state index contributed by atoms with van der Waals surface area (Å²) in [6.07, 6.45) is -0.235. The summed E-state index contributed by atoms with van der Waals surface area (Å²) in [4.78, 5) is 0. The van der Waals surface area contributed by atoms with Crippen LogP contribution in [0, 0.1) is 0 Å². The second-order valence-corrected chi connectivity index (χ2v) is 3.56. The van der Waals surface area contributed by atoms with Gasteiger partial charge in [-0.05, 0) is 5.56 Å². The average molecular weight is 226 g/mol. The summed E-state index contributed by atoms with van der Waals surface area (Å²) >= 11 is 0. The number of benzene rings is 1. The van der Waals surface area contributed by atoms with Crippen LogP contribution in [0.1, 0.15) is 17.4 Å². The highest BCUT2D eigenvalue weighted by Gasteiger charge is 2.17. The standard InChI is InChI=1S/C12H15FO3/c13-5-6-14-9-10-1-3-11(4-2-10)12-15-7-8-16-12/h1-4,12H,5-9H2. The minimum atomic E-state index is -0.443. The highest BCUT2D eigenvalue weighted by molar-refractivity contribution is 5.23. The van der Waals surface area contributed by atoms with Gasteiger partial charge in [-0.25, -0.2) is 4.39 Å². The van der Waals surface area contributed by atoms with Gasteiger partial charge in [-0.3, -0.25) is 0 Å². The molecule has 1 aliphatic heterocycles. The first kappa shape index (κ1) is 11.5. The van der Waals surface area contributed by atoms with E-state index in [4.69, 9.17) is 14.2 Å². The van der Waals surface area contributed by atoms with Crippen LogP contribution in [0.3, 0.4) is 0 Å². The van der Waals surface area contributed by atoms with Crippen LogP contribution >= 0.6 is 0 Å². The Morgan fingerprint density at radius 3 is 2.50 bits per heavy atom. The van der Waals surface area contributed by atoms with Crippen LogP contribution in [0.2, 0.25) is 0 Å². The summed E-state index contributed by atoms with van der Waals surface area (Å²) in [5.41, 5.74) is 2.03. The predicted molar refractivity (Wildman–Crippen MR) is 56.7 cm³/mol. The molecule has 16 heavy (non-hydrogen) atoms. The topological polar surface area (TPSA) is 27.7 Å². The molecule has 88 valence electrons. The number of hydrogen-bond donors (Lipinski definition) is 0. The molecular formula is C12H15FO3. The highest BCUT2D eigenvalue weighted by Crippen LogP contribution is 2.23. The molecule has 0 aromatic heterocycles. The molecule has 0 amide bonds. The van der Waals surface area contributed by atoms with E-state index in [-0.39, 0.29) is 12.9 Å². The Kier molecular flexibility index (Phi) is 4.27. The van der Waals surface area contributed by atoms with E-state index in [1.807, 2.05) is 24.3 Å². The Morgan fingerprint density at radius 2 is 1.88 bits per heavy atom. The minimum Gasteiger partial charge on any atom is -0.374 e. The predicted octanol–water partition coefficient (Wildman–Crippen LogP) is 2.22. The van der Waals surface area contributed by atoms with Gasteiger partial charge >= 0.3 is 0 Å². The first-order chi connectivity index (χ1) is 7.90. The van der Waals surface area contributed by atoms with Gasteiger partial charge in [0.15, 0.2) is 6.29 Å². The fourth-order valence-corrected chi connectivity index (χ4v) is 1.57. The van der Waals surface area contributed by atoms with Crippen LogP contribution in [0.15, 0.2) is 24.3 Å². The lowest BCUT2D eigenvalue weighted by Crippen LogP contribution is -1.99. The van der Waals surface area contributed by atoms with Crippen LogP contribution in [-0.4, -0.2) is 26.5 Å². The zero-order valence-electron chi connectivity index (χ0n) is 9.02. The molecule has 0 aliphatic carbocycles. The van der Waals surface area contributed by atoms with Gasteiger partial charge in [0.2, 0.25) is 0 Å². The van der Waals surface area contributed by atoms with Crippen LogP contribution < -0.4 is 0 Å². The third-order valence-electron chi connectivity index (χ3n) is 2.36. The van der Waals surface area contributed by atoms with Gasteiger partial charge in [-0.2, -0.15) is 0 Å². The average Bonchev–Trinajstić information content (AvgIpc) is 2.84. The number of hydrogen-bond acceptors (Lipinski definition) is 3. The molecule has 0 spiro atoms. The van der Waals surface area contributed by atoms with Gasteiger partial charge in [0.25, 0.3) is 0 Å². The molecule has 3 nitrogen and oxygen atoms in total. The molecule has 1 saturated heterocycles. The number of ether oxygens (including phenoxy) is 3. The molecule has 0 radical (unpaired) electrons. The first-order valence-electron chi connectivity index (χ1n) is 5.36. The smallest absolute Gasteiger partial charge is 0.184 e. The van der Waals surface area contributed by atoms with Crippen molar-refractivity contribution in [2.45, 2.75) is 12.9 Å². The van der Waals surface area contributed by atoms with E-state index in [0.29, 0.717) is 19.8 Å². The lowest BCUT2D eigenvalue weighted by atomic mass is 10.1. The normalized spacial score (nSPS) is 16.8. The minimum absolute atomic E-state index is 0.149. The fourth-order valence-electron chi connectivity index (χ4n) is 1.57. The van der Waals surface area contributed by atoms with Crippen LogP contribution in [-0.2, 0) is 20.8 Å². The van der Waals surface area contributed by atoms with Crippen molar-refractivity contribution in [1.82, 2.24) is 0 Å². The van der Waals surface area contributed by atoms with Gasteiger partial charge in [-0.1, -0.05) is 24.3 Å². The molecule has 1 fully saturated rings. The fraction of sp³-hybridized carbons (Fsp3) is 0.500. The third-order valence-corrected chi connectivity index (χ3v) is 2.36. The van der Waals surface area contributed by atoms with Gasteiger partial charge in [0, 0.05) is 5.56 Å². The van der Waals surface area contributed by atoms with E-state index in [1.165, 1.54) is 0 Å². The van der Waals surface area contributed by atoms with Gasteiger partial charge < -0.3 is 14.2 Å². The Labute approximate surface area is 94.1 Å². The lowest BCUT2D eigenvalue weighted by Gasteiger charge is -2.09. The van der Waals surface area contributed by atoms with E-state index in [9.17, 15) is 4.39 Å². The Bertz CT molecular complexity index is 307. The van der Waals surface area contributed by atoms with Crippen molar-refractivity contribution < 1.29 is 18.6 Å². The Hall–Kier alpha value is -0.970. The van der Waals surface area contributed by atoms with Crippen molar-refractivity contribution >= 4 is 0 Å². The Morgan fingerprint density at radius 1 is 1.19 bits per heavy atom. The van der Waals surface area contributed by atoms with Crippen molar-refractivity contribution in [3.63, 3.8) is 0 Å². The van der Waals surface area contributed by atoms with E-state index in [0.717, 1.165) is 11.1 Å². The monoisotopic (exact) mass is 226 g/mol. The van der Waals surface area contributed by atoms with Crippen LogP contribution in [0.4, 0.5) is 4.39 Å². The summed E-state index contributed by atoms with van der Waals surface area (Å²) in [6, 6.07) is 7.78. The van der Waals surface area contributed by atoms with E-state index in [2.05, 4.69) is 0 Å². The SMILES string of the molecule is FCCOCc1ccc(C2OCCO2)cc1. The van der Waals surface area contributed by atoms with Gasteiger partial charge in [0.1, 0.15) is 6.67 Å². The number of alkyl halides is 1. The third kappa shape index (κ3) is 3.01. The second kappa shape index (κ2) is 5.94. The lowest BCUT2D eigenvalue weighted by molar-refractivity contribution is -0.0441. The molecule has 1 aliphatic rings. The molecule has 0 N–H and O–H groups in total. The van der Waals surface area contributed by atoms with Crippen molar-refractivity contribution in [3.05, 3.63) is 35.4 Å². The second-order valence-electron chi connectivity index (χ2n) is 3.56. The summed E-state index contributed by atoms with van der Waals surface area (Å²) in [7, 11) is 0. The van der Waals surface area contributed by atoms with E-state index < -0.39 is 6.67 Å². The number of halogens is 1. The van der Waals surface area contributed by atoms with Crippen molar-refractivity contribution in [1.29, 1.82) is 0 Å². The first-order valence-corrected chi connectivity index (χ1v) is 5.36. The largest absolute Gasteiger partial charge is 0.374 e. The van der Waals surface area contributed by atoms with Gasteiger partial charge in [0.05, 0.1) is 26.4 Å². The molecule has 1 aromatic rings. The van der Waals surface area contributed by atoms with E-state index >= 15 is 0 Å². The Balaban J connectivity index is 1.88. The maximum atomic E-state index is 11.8. The summed E-state index contributed by atoms with van der Waals surface area (Å²) in [5.74, 6) is 0. The molecule has 0 atom stereocenters. The molecule has 4 heteroatoms. The molecule has 1 aromatic carbocycles. The van der Waals surface area contributed by atoms with Gasteiger partial charge in [-0.15, -0.1) is 0 Å². The molecule has 1 heterocycles. The highest BCUT2D eigenvalue weighted by atomic mass is 19.1. The molecular weight excluding hydrogens is 211 g/mol. The zero-order valence-corrected chi connectivity index (χ0v) is 9.02. The molecule has 0 unspecified atom stereocenters. The summed E-state index contributed by atoms with van der Waals surface area (Å²) < 4.78 is 27.7. The quantitative estimate of drug-likeness (QED) is 0.720. The van der Waals surface area contributed by atoms with Crippen LogP contribution in [0.25, 0.3) is 0 Å². The maximum absolute atomic E-state index is 11.8.